The zero-order valence-corrected chi connectivity index (χ0v) is 10.5. The van der Waals surface area contributed by atoms with Crippen LogP contribution >= 0.6 is 11.8 Å². The SMILES string of the molecule is CCNC(C#N)CSc1ccc(C(F)(F)F)cn1. The molecule has 3 nitrogen and oxygen atoms in total. The summed E-state index contributed by atoms with van der Waals surface area (Å²) in [7, 11) is 0. The Labute approximate surface area is 107 Å². The summed E-state index contributed by atoms with van der Waals surface area (Å²) in [6, 6.07) is 4.04. The van der Waals surface area contributed by atoms with Gasteiger partial charge < -0.3 is 5.32 Å². The summed E-state index contributed by atoms with van der Waals surface area (Å²) in [5.41, 5.74) is -0.768. The molecule has 0 aliphatic carbocycles. The average Bonchev–Trinajstić information content (AvgIpc) is 2.34. The van der Waals surface area contributed by atoms with Gasteiger partial charge >= 0.3 is 6.18 Å². The van der Waals surface area contributed by atoms with Crippen LogP contribution in [0.15, 0.2) is 23.4 Å². The lowest BCUT2D eigenvalue weighted by molar-refractivity contribution is -0.137. The number of hydrogen-bond donors (Lipinski definition) is 1. The van der Waals surface area contributed by atoms with Crippen LogP contribution in [0.25, 0.3) is 0 Å². The minimum atomic E-state index is -4.37. The molecule has 98 valence electrons. The van der Waals surface area contributed by atoms with Crippen LogP contribution in [0.1, 0.15) is 12.5 Å². The van der Waals surface area contributed by atoms with Gasteiger partial charge in [-0.25, -0.2) is 4.98 Å². The highest BCUT2D eigenvalue weighted by molar-refractivity contribution is 7.99. The highest BCUT2D eigenvalue weighted by atomic mass is 32.2. The van der Waals surface area contributed by atoms with Crippen molar-refractivity contribution < 1.29 is 13.2 Å². The van der Waals surface area contributed by atoms with Crippen LogP contribution in [-0.4, -0.2) is 23.3 Å². The van der Waals surface area contributed by atoms with Crippen LogP contribution in [0.2, 0.25) is 0 Å². The van der Waals surface area contributed by atoms with Crippen molar-refractivity contribution in [3.05, 3.63) is 23.9 Å². The van der Waals surface area contributed by atoms with E-state index in [-0.39, 0.29) is 6.04 Å². The highest BCUT2D eigenvalue weighted by Gasteiger charge is 2.30. The molecule has 0 radical (unpaired) electrons. The Morgan fingerprint density at radius 2 is 2.22 bits per heavy atom. The van der Waals surface area contributed by atoms with E-state index in [1.807, 2.05) is 6.92 Å². The van der Waals surface area contributed by atoms with Crippen molar-refractivity contribution in [2.75, 3.05) is 12.3 Å². The van der Waals surface area contributed by atoms with Crippen LogP contribution in [0.5, 0.6) is 0 Å². The molecule has 1 aromatic heterocycles. The molecular weight excluding hydrogens is 263 g/mol. The highest BCUT2D eigenvalue weighted by Crippen LogP contribution is 2.29. The van der Waals surface area contributed by atoms with Gasteiger partial charge in [-0.2, -0.15) is 18.4 Å². The lowest BCUT2D eigenvalue weighted by Gasteiger charge is -2.09. The Morgan fingerprint density at radius 3 is 2.67 bits per heavy atom. The smallest absolute Gasteiger partial charge is 0.302 e. The number of alkyl halides is 3. The van der Waals surface area contributed by atoms with E-state index >= 15 is 0 Å². The number of nitriles is 1. The van der Waals surface area contributed by atoms with E-state index in [4.69, 9.17) is 5.26 Å². The Kier molecular flexibility index (Phi) is 5.44. The maximum absolute atomic E-state index is 12.3. The van der Waals surface area contributed by atoms with E-state index in [1.54, 1.807) is 0 Å². The monoisotopic (exact) mass is 275 g/mol. The fraction of sp³-hybridized carbons (Fsp3) is 0.455. The number of hydrogen-bond acceptors (Lipinski definition) is 4. The Bertz CT molecular complexity index is 411. The number of nitrogens with zero attached hydrogens (tertiary/aromatic N) is 2. The van der Waals surface area contributed by atoms with Gasteiger partial charge in [0.05, 0.1) is 16.7 Å². The van der Waals surface area contributed by atoms with Gasteiger partial charge in [0.2, 0.25) is 0 Å². The Balaban J connectivity index is 2.57. The lowest BCUT2D eigenvalue weighted by atomic mass is 10.3. The third kappa shape index (κ3) is 4.55. The van der Waals surface area contributed by atoms with Crippen molar-refractivity contribution in [1.82, 2.24) is 10.3 Å². The molecule has 1 atom stereocenters. The maximum Gasteiger partial charge on any atom is 0.417 e. The topological polar surface area (TPSA) is 48.7 Å². The molecule has 1 N–H and O–H groups in total. The van der Waals surface area contributed by atoms with Gasteiger partial charge in [-0.15, -0.1) is 11.8 Å². The summed E-state index contributed by atoms with van der Waals surface area (Å²) >= 11 is 1.25. The molecule has 1 unspecified atom stereocenters. The number of thioether (sulfide) groups is 1. The molecule has 0 spiro atoms. The zero-order chi connectivity index (χ0) is 13.6. The minimum Gasteiger partial charge on any atom is -0.302 e. The van der Waals surface area contributed by atoms with Crippen LogP contribution in [0, 0.1) is 11.3 Å². The number of halogens is 3. The van der Waals surface area contributed by atoms with Crippen molar-refractivity contribution >= 4 is 11.8 Å². The Morgan fingerprint density at radius 1 is 1.50 bits per heavy atom. The fourth-order valence-electron chi connectivity index (χ4n) is 1.19. The summed E-state index contributed by atoms with van der Waals surface area (Å²) in [6.45, 7) is 2.55. The largest absolute Gasteiger partial charge is 0.417 e. The standard InChI is InChI=1S/C11H12F3N3S/c1-2-16-9(5-15)7-18-10-4-3-8(6-17-10)11(12,13)14/h3-4,6,9,16H,2,7H2,1H3. The molecule has 0 amide bonds. The van der Waals surface area contributed by atoms with Gasteiger partial charge in [-0.05, 0) is 18.7 Å². The van der Waals surface area contributed by atoms with E-state index < -0.39 is 11.7 Å². The molecule has 0 bridgehead atoms. The second-order valence-corrected chi connectivity index (χ2v) is 4.47. The number of nitrogens with one attached hydrogen (secondary N) is 1. The van der Waals surface area contributed by atoms with E-state index in [1.165, 1.54) is 17.8 Å². The molecule has 0 aliphatic rings. The van der Waals surface area contributed by atoms with Crippen molar-refractivity contribution in [3.8, 4) is 6.07 Å². The summed E-state index contributed by atoms with van der Waals surface area (Å²) in [6.07, 6.45) is -3.56. The molecule has 1 rings (SSSR count). The first-order chi connectivity index (χ1) is 8.47. The van der Waals surface area contributed by atoms with Gasteiger partial charge in [0.25, 0.3) is 0 Å². The van der Waals surface area contributed by atoms with Crippen LogP contribution in [0.3, 0.4) is 0 Å². The van der Waals surface area contributed by atoms with Crippen molar-refractivity contribution in [2.45, 2.75) is 24.2 Å². The van der Waals surface area contributed by atoms with Crippen LogP contribution in [-0.2, 0) is 6.18 Å². The van der Waals surface area contributed by atoms with Crippen molar-refractivity contribution in [2.24, 2.45) is 0 Å². The quantitative estimate of drug-likeness (QED) is 0.839. The second kappa shape index (κ2) is 6.61. The van der Waals surface area contributed by atoms with Crippen molar-refractivity contribution in [3.63, 3.8) is 0 Å². The minimum absolute atomic E-state index is 0.330. The molecule has 18 heavy (non-hydrogen) atoms. The molecular formula is C11H12F3N3S. The predicted octanol–water partition coefficient (Wildman–Crippen LogP) is 2.69. The van der Waals surface area contributed by atoms with E-state index in [2.05, 4.69) is 16.4 Å². The van der Waals surface area contributed by atoms with Crippen LogP contribution in [0.4, 0.5) is 13.2 Å². The van der Waals surface area contributed by atoms with Gasteiger partial charge in [0, 0.05) is 11.9 Å². The second-order valence-electron chi connectivity index (χ2n) is 3.43. The van der Waals surface area contributed by atoms with Gasteiger partial charge in [-0.3, -0.25) is 0 Å². The first-order valence-corrected chi connectivity index (χ1v) is 6.25. The van der Waals surface area contributed by atoms with Crippen molar-refractivity contribution in [1.29, 1.82) is 5.26 Å². The molecule has 7 heteroatoms. The van der Waals surface area contributed by atoms with Gasteiger partial charge in [-0.1, -0.05) is 6.92 Å². The molecule has 0 aliphatic heterocycles. The molecule has 0 fully saturated rings. The van der Waals surface area contributed by atoms with E-state index in [0.717, 1.165) is 12.3 Å². The third-order valence-electron chi connectivity index (χ3n) is 2.07. The van der Waals surface area contributed by atoms with E-state index in [9.17, 15) is 13.2 Å². The Hall–Kier alpha value is -1.26. The summed E-state index contributed by atoms with van der Waals surface area (Å²) in [5.74, 6) is 0.447. The van der Waals surface area contributed by atoms with Crippen LogP contribution < -0.4 is 5.32 Å². The normalized spacial score (nSPS) is 13.1. The average molecular weight is 275 g/mol. The third-order valence-corrected chi connectivity index (χ3v) is 3.11. The first kappa shape index (κ1) is 14.8. The number of aromatic nitrogens is 1. The molecule has 1 heterocycles. The molecule has 0 saturated heterocycles. The molecule has 0 saturated carbocycles. The number of rotatable bonds is 5. The molecule has 1 aromatic rings. The summed E-state index contributed by atoms with van der Waals surface area (Å²) in [5, 5.41) is 12.2. The van der Waals surface area contributed by atoms with Gasteiger partial charge in [0.15, 0.2) is 0 Å². The summed E-state index contributed by atoms with van der Waals surface area (Å²) in [4.78, 5) is 3.72. The lowest BCUT2D eigenvalue weighted by Crippen LogP contribution is -2.29. The predicted molar refractivity (Wildman–Crippen MR) is 63.0 cm³/mol. The zero-order valence-electron chi connectivity index (χ0n) is 9.66. The number of pyridine rings is 1. The molecule has 0 aromatic carbocycles. The van der Waals surface area contributed by atoms with E-state index in [0.29, 0.717) is 17.3 Å². The fourth-order valence-corrected chi connectivity index (χ4v) is 2.01. The summed E-state index contributed by atoms with van der Waals surface area (Å²) < 4.78 is 36.9. The maximum atomic E-state index is 12.3. The van der Waals surface area contributed by atoms with Gasteiger partial charge in [0.1, 0.15) is 6.04 Å². The first-order valence-electron chi connectivity index (χ1n) is 5.26.